The maximum Gasteiger partial charge on any atom is 0.203 e. The highest BCUT2D eigenvalue weighted by Gasteiger charge is 2.27. The topological polar surface area (TPSA) is 39.7 Å². The van der Waals surface area contributed by atoms with Crippen molar-refractivity contribution in [3.63, 3.8) is 0 Å². The van der Waals surface area contributed by atoms with Crippen molar-refractivity contribution in [2.24, 2.45) is 0 Å². The molecule has 0 aromatic heterocycles. The summed E-state index contributed by atoms with van der Waals surface area (Å²) in [4.78, 5) is 0. The van der Waals surface area contributed by atoms with Gasteiger partial charge in [0.25, 0.3) is 0 Å². The molecule has 1 aromatic carbocycles. The van der Waals surface area contributed by atoms with E-state index in [4.69, 9.17) is 14.2 Å². The van der Waals surface area contributed by atoms with Gasteiger partial charge in [-0.15, -0.1) is 0 Å². The average Bonchev–Trinajstić information content (AvgIpc) is 2.44. The number of likely N-dealkylation sites (N-methyl/N-ethyl adjacent to an activating group) is 1. The first-order valence-corrected chi connectivity index (χ1v) is 6.40. The molecule has 0 aliphatic rings. The van der Waals surface area contributed by atoms with E-state index in [9.17, 15) is 0 Å². The summed E-state index contributed by atoms with van der Waals surface area (Å²) >= 11 is 0. The zero-order valence-corrected chi connectivity index (χ0v) is 13.0. The van der Waals surface area contributed by atoms with Crippen molar-refractivity contribution >= 4 is 0 Å². The van der Waals surface area contributed by atoms with Gasteiger partial charge in [-0.3, -0.25) is 0 Å². The highest BCUT2D eigenvalue weighted by molar-refractivity contribution is 5.54. The third-order valence-electron chi connectivity index (χ3n) is 3.91. The van der Waals surface area contributed by atoms with Crippen molar-refractivity contribution in [3.05, 3.63) is 17.7 Å². The van der Waals surface area contributed by atoms with Gasteiger partial charge in [0.05, 0.1) is 21.3 Å². The van der Waals surface area contributed by atoms with Gasteiger partial charge < -0.3 is 19.5 Å². The Morgan fingerprint density at radius 2 is 1.47 bits per heavy atom. The minimum Gasteiger partial charge on any atom is -0.493 e. The molecule has 1 unspecified atom stereocenters. The fourth-order valence-corrected chi connectivity index (χ4v) is 1.98. The Hall–Kier alpha value is -1.42. The van der Waals surface area contributed by atoms with Crippen LogP contribution < -0.4 is 19.5 Å². The summed E-state index contributed by atoms with van der Waals surface area (Å²) in [7, 11) is 6.85. The van der Waals surface area contributed by atoms with Gasteiger partial charge in [-0.25, -0.2) is 0 Å². The van der Waals surface area contributed by atoms with Crippen LogP contribution in [0.25, 0.3) is 0 Å². The molecule has 0 spiro atoms. The maximum atomic E-state index is 5.39. The standard InChI is InChI=1S/C15H25NO3/c1-10(15(2,3)16-4)11-8-12(17-5)14(19-7)13(9-11)18-6/h8-10,16H,1-7H3. The lowest BCUT2D eigenvalue weighted by Gasteiger charge is -2.32. The molecule has 1 atom stereocenters. The second-order valence-corrected chi connectivity index (χ2v) is 5.15. The second kappa shape index (κ2) is 6.15. The Morgan fingerprint density at radius 1 is 1.00 bits per heavy atom. The molecule has 1 aromatic rings. The first-order chi connectivity index (χ1) is 8.91. The van der Waals surface area contributed by atoms with E-state index in [1.807, 2.05) is 19.2 Å². The van der Waals surface area contributed by atoms with Gasteiger partial charge in [0, 0.05) is 5.54 Å². The molecule has 108 valence electrons. The minimum atomic E-state index is -0.0232. The van der Waals surface area contributed by atoms with Gasteiger partial charge in [-0.05, 0) is 44.5 Å². The highest BCUT2D eigenvalue weighted by Crippen LogP contribution is 2.41. The van der Waals surface area contributed by atoms with Crippen LogP contribution in [0.1, 0.15) is 32.3 Å². The predicted octanol–water partition coefficient (Wildman–Crippen LogP) is 2.81. The van der Waals surface area contributed by atoms with Gasteiger partial charge >= 0.3 is 0 Å². The zero-order valence-electron chi connectivity index (χ0n) is 13.0. The average molecular weight is 267 g/mol. The van der Waals surface area contributed by atoms with Crippen molar-refractivity contribution in [2.45, 2.75) is 32.2 Å². The Kier molecular flexibility index (Phi) is 5.06. The monoisotopic (exact) mass is 267 g/mol. The van der Waals surface area contributed by atoms with Crippen LogP contribution in [0.4, 0.5) is 0 Å². The molecule has 0 aliphatic carbocycles. The maximum absolute atomic E-state index is 5.39. The molecule has 1 rings (SSSR count). The summed E-state index contributed by atoms with van der Waals surface area (Å²) in [6.45, 7) is 6.51. The number of benzene rings is 1. The molecule has 0 saturated carbocycles. The summed E-state index contributed by atoms with van der Waals surface area (Å²) in [5, 5.41) is 3.33. The summed E-state index contributed by atoms with van der Waals surface area (Å²) in [6.07, 6.45) is 0. The molecule has 0 bridgehead atoms. The first-order valence-electron chi connectivity index (χ1n) is 6.40. The molecule has 0 fully saturated rings. The van der Waals surface area contributed by atoms with Crippen molar-refractivity contribution in [3.8, 4) is 17.2 Å². The third kappa shape index (κ3) is 3.13. The number of hydrogen-bond donors (Lipinski definition) is 1. The molecular weight excluding hydrogens is 242 g/mol. The lowest BCUT2D eigenvalue weighted by atomic mass is 9.83. The normalized spacial score (nSPS) is 13.0. The van der Waals surface area contributed by atoms with E-state index in [-0.39, 0.29) is 5.54 Å². The van der Waals surface area contributed by atoms with E-state index >= 15 is 0 Å². The Bertz CT molecular complexity index is 404. The number of nitrogens with one attached hydrogen (secondary N) is 1. The lowest BCUT2D eigenvalue weighted by molar-refractivity contribution is 0.319. The van der Waals surface area contributed by atoms with Gasteiger partial charge in [-0.2, -0.15) is 0 Å². The van der Waals surface area contributed by atoms with Crippen molar-refractivity contribution in [1.82, 2.24) is 5.32 Å². The van der Waals surface area contributed by atoms with Crippen LogP contribution in [-0.2, 0) is 0 Å². The van der Waals surface area contributed by atoms with Gasteiger partial charge in [0.1, 0.15) is 0 Å². The quantitative estimate of drug-likeness (QED) is 0.860. The predicted molar refractivity (Wildman–Crippen MR) is 77.7 cm³/mol. The van der Waals surface area contributed by atoms with Crippen molar-refractivity contribution < 1.29 is 14.2 Å². The number of methoxy groups -OCH3 is 3. The summed E-state index contributed by atoms with van der Waals surface area (Å²) < 4.78 is 16.1. The van der Waals surface area contributed by atoms with Gasteiger partial charge in [-0.1, -0.05) is 6.92 Å². The Morgan fingerprint density at radius 3 is 1.79 bits per heavy atom. The van der Waals surface area contributed by atoms with Crippen LogP contribution in [0.2, 0.25) is 0 Å². The van der Waals surface area contributed by atoms with E-state index in [0.717, 1.165) is 5.56 Å². The summed E-state index contributed by atoms with van der Waals surface area (Å²) in [5.41, 5.74) is 1.12. The van der Waals surface area contributed by atoms with Crippen LogP contribution in [0.5, 0.6) is 17.2 Å². The minimum absolute atomic E-state index is 0.0232. The van der Waals surface area contributed by atoms with Crippen molar-refractivity contribution in [1.29, 1.82) is 0 Å². The van der Waals surface area contributed by atoms with E-state index in [2.05, 4.69) is 26.1 Å². The van der Waals surface area contributed by atoms with Crippen LogP contribution in [0, 0.1) is 0 Å². The van der Waals surface area contributed by atoms with E-state index in [1.165, 1.54) is 0 Å². The number of ether oxygens (including phenoxy) is 3. The molecule has 0 aliphatic heterocycles. The Labute approximate surface area is 116 Å². The Balaban J connectivity index is 3.30. The number of hydrogen-bond acceptors (Lipinski definition) is 4. The molecule has 0 amide bonds. The molecule has 0 radical (unpaired) electrons. The van der Waals surface area contributed by atoms with E-state index < -0.39 is 0 Å². The number of rotatable bonds is 6. The highest BCUT2D eigenvalue weighted by atomic mass is 16.5. The third-order valence-corrected chi connectivity index (χ3v) is 3.91. The molecule has 1 N–H and O–H groups in total. The van der Waals surface area contributed by atoms with E-state index in [1.54, 1.807) is 21.3 Å². The SMILES string of the molecule is CNC(C)(C)C(C)c1cc(OC)c(OC)c(OC)c1. The second-order valence-electron chi connectivity index (χ2n) is 5.15. The molecule has 0 heterocycles. The van der Waals surface area contributed by atoms with E-state index in [0.29, 0.717) is 23.2 Å². The first kappa shape index (κ1) is 15.6. The van der Waals surface area contributed by atoms with Crippen LogP contribution in [-0.4, -0.2) is 33.9 Å². The lowest BCUT2D eigenvalue weighted by Crippen LogP contribution is -2.41. The molecule has 19 heavy (non-hydrogen) atoms. The van der Waals surface area contributed by atoms with Crippen LogP contribution >= 0.6 is 0 Å². The zero-order chi connectivity index (χ0) is 14.6. The fraction of sp³-hybridized carbons (Fsp3) is 0.600. The van der Waals surface area contributed by atoms with Gasteiger partial charge in [0.2, 0.25) is 5.75 Å². The van der Waals surface area contributed by atoms with Crippen molar-refractivity contribution in [2.75, 3.05) is 28.4 Å². The molecule has 4 heteroatoms. The molecule has 4 nitrogen and oxygen atoms in total. The van der Waals surface area contributed by atoms with Crippen LogP contribution in [0.15, 0.2) is 12.1 Å². The molecule has 0 saturated heterocycles. The summed E-state index contributed by atoms with van der Waals surface area (Å²) in [5.74, 6) is 2.31. The summed E-state index contributed by atoms with van der Waals surface area (Å²) in [6, 6.07) is 4.01. The molecular formula is C15H25NO3. The van der Waals surface area contributed by atoms with Gasteiger partial charge in [0.15, 0.2) is 11.5 Å². The van der Waals surface area contributed by atoms with Crippen LogP contribution in [0.3, 0.4) is 0 Å². The smallest absolute Gasteiger partial charge is 0.203 e. The largest absolute Gasteiger partial charge is 0.493 e. The fourth-order valence-electron chi connectivity index (χ4n) is 1.98.